The molecule has 1 aromatic carbocycles. The Bertz CT molecular complexity index is 485. The Balaban J connectivity index is 2.38. The lowest BCUT2D eigenvalue weighted by Gasteiger charge is -2.06. The molecule has 1 aromatic heterocycles. The van der Waals surface area contributed by atoms with Crippen molar-refractivity contribution >= 4 is 5.82 Å². The number of hydrogen-bond donors (Lipinski definition) is 2. The van der Waals surface area contributed by atoms with Crippen molar-refractivity contribution in [1.82, 2.24) is 9.78 Å². The minimum Gasteiger partial charge on any atom is -0.389 e. The third-order valence-corrected chi connectivity index (χ3v) is 2.69. The summed E-state index contributed by atoms with van der Waals surface area (Å²) in [5, 5.41) is 13.5. The number of aliphatic hydroxyl groups is 1. The van der Waals surface area contributed by atoms with E-state index in [9.17, 15) is 5.11 Å². The lowest BCUT2D eigenvalue weighted by Crippen LogP contribution is -1.98. The van der Waals surface area contributed by atoms with Crippen LogP contribution in [0.15, 0.2) is 30.5 Å². The van der Waals surface area contributed by atoms with Crippen LogP contribution in [0.3, 0.4) is 0 Å². The maximum absolute atomic E-state index is 9.40. The molecule has 0 amide bonds. The molecule has 1 atom stereocenters. The van der Waals surface area contributed by atoms with Crippen LogP contribution in [0.4, 0.5) is 5.82 Å². The van der Waals surface area contributed by atoms with Crippen molar-refractivity contribution in [2.45, 2.75) is 13.0 Å². The molecular weight excluding hydrogens is 202 g/mol. The summed E-state index contributed by atoms with van der Waals surface area (Å²) in [5.74, 6) is 0.643. The third kappa shape index (κ3) is 1.79. The number of nitrogens with zero attached hydrogens (tertiary/aromatic N) is 2. The fourth-order valence-electron chi connectivity index (χ4n) is 1.61. The molecule has 84 valence electrons. The molecule has 0 saturated carbocycles. The van der Waals surface area contributed by atoms with E-state index in [-0.39, 0.29) is 0 Å². The molecule has 2 rings (SSSR count). The first-order valence-corrected chi connectivity index (χ1v) is 5.15. The summed E-state index contributed by atoms with van der Waals surface area (Å²) in [7, 11) is 1.81. The highest BCUT2D eigenvalue weighted by Gasteiger charge is 2.07. The first kappa shape index (κ1) is 10.7. The molecule has 0 aliphatic rings. The van der Waals surface area contributed by atoms with Crippen molar-refractivity contribution in [3.63, 3.8) is 0 Å². The van der Waals surface area contributed by atoms with Gasteiger partial charge in [0, 0.05) is 12.6 Å². The average Bonchev–Trinajstić information content (AvgIpc) is 2.60. The van der Waals surface area contributed by atoms with Crippen LogP contribution >= 0.6 is 0 Å². The smallest absolute Gasteiger partial charge is 0.129 e. The Morgan fingerprint density at radius 1 is 1.31 bits per heavy atom. The van der Waals surface area contributed by atoms with Gasteiger partial charge < -0.3 is 10.8 Å². The van der Waals surface area contributed by atoms with Gasteiger partial charge in [-0.2, -0.15) is 5.10 Å². The average molecular weight is 217 g/mol. The molecule has 4 nitrogen and oxygen atoms in total. The van der Waals surface area contributed by atoms with Gasteiger partial charge in [-0.25, -0.2) is 0 Å². The Kier molecular flexibility index (Phi) is 2.66. The zero-order valence-electron chi connectivity index (χ0n) is 9.38. The third-order valence-electron chi connectivity index (χ3n) is 2.69. The number of rotatable bonds is 2. The zero-order valence-corrected chi connectivity index (χ0v) is 9.38. The van der Waals surface area contributed by atoms with E-state index in [0.717, 1.165) is 16.7 Å². The first-order valence-electron chi connectivity index (χ1n) is 5.15. The van der Waals surface area contributed by atoms with Crippen molar-refractivity contribution < 1.29 is 5.11 Å². The Morgan fingerprint density at radius 3 is 2.38 bits per heavy atom. The van der Waals surface area contributed by atoms with Gasteiger partial charge in [0.05, 0.1) is 12.3 Å². The Hall–Kier alpha value is -1.81. The predicted octanol–water partition coefficient (Wildman–Crippen LogP) is 1.72. The van der Waals surface area contributed by atoms with Gasteiger partial charge in [0.1, 0.15) is 5.82 Å². The summed E-state index contributed by atoms with van der Waals surface area (Å²) in [6.45, 7) is 1.74. The summed E-state index contributed by atoms with van der Waals surface area (Å²) in [5.41, 5.74) is 8.70. The maximum atomic E-state index is 9.40. The van der Waals surface area contributed by atoms with E-state index in [0.29, 0.717) is 5.82 Å². The molecular formula is C12H15N3O. The van der Waals surface area contributed by atoms with Crippen molar-refractivity contribution in [3.8, 4) is 11.1 Å². The van der Waals surface area contributed by atoms with Gasteiger partial charge in [-0.3, -0.25) is 4.68 Å². The highest BCUT2D eigenvalue weighted by molar-refractivity contribution is 5.73. The van der Waals surface area contributed by atoms with Crippen LogP contribution in [0.1, 0.15) is 18.6 Å². The van der Waals surface area contributed by atoms with Crippen LogP contribution in [0, 0.1) is 0 Å². The maximum Gasteiger partial charge on any atom is 0.129 e. The molecule has 0 aliphatic carbocycles. The van der Waals surface area contributed by atoms with E-state index in [1.54, 1.807) is 17.8 Å². The molecule has 3 N–H and O–H groups in total. The summed E-state index contributed by atoms with van der Waals surface area (Å²) < 4.78 is 1.64. The number of anilines is 1. The zero-order chi connectivity index (χ0) is 11.7. The fourth-order valence-corrected chi connectivity index (χ4v) is 1.61. The number of aromatic nitrogens is 2. The number of benzene rings is 1. The van der Waals surface area contributed by atoms with E-state index in [1.807, 2.05) is 31.3 Å². The summed E-state index contributed by atoms with van der Waals surface area (Å²) in [6.07, 6.45) is 1.30. The summed E-state index contributed by atoms with van der Waals surface area (Å²) in [6, 6.07) is 7.67. The van der Waals surface area contributed by atoms with Gasteiger partial charge in [0.15, 0.2) is 0 Å². The highest BCUT2D eigenvalue weighted by Crippen LogP contribution is 2.26. The summed E-state index contributed by atoms with van der Waals surface area (Å²) in [4.78, 5) is 0. The van der Waals surface area contributed by atoms with E-state index in [4.69, 9.17) is 5.73 Å². The van der Waals surface area contributed by atoms with Crippen LogP contribution in [-0.4, -0.2) is 14.9 Å². The van der Waals surface area contributed by atoms with E-state index < -0.39 is 6.10 Å². The minimum atomic E-state index is -0.444. The molecule has 0 radical (unpaired) electrons. The van der Waals surface area contributed by atoms with E-state index >= 15 is 0 Å². The highest BCUT2D eigenvalue weighted by atomic mass is 16.3. The van der Waals surface area contributed by atoms with E-state index in [1.165, 1.54) is 0 Å². The fraction of sp³-hybridized carbons (Fsp3) is 0.250. The van der Waals surface area contributed by atoms with Gasteiger partial charge in [0.25, 0.3) is 0 Å². The van der Waals surface area contributed by atoms with Crippen molar-refractivity contribution in [1.29, 1.82) is 0 Å². The van der Waals surface area contributed by atoms with Crippen LogP contribution in [0.2, 0.25) is 0 Å². The monoisotopic (exact) mass is 217 g/mol. The number of nitrogen functional groups attached to an aromatic ring is 1. The SMILES string of the molecule is CC(O)c1ccc(-c2cnn(C)c2N)cc1. The standard InChI is InChI=1S/C12H15N3O/c1-8(16)9-3-5-10(6-4-9)11-7-14-15(2)12(11)13/h3-8,16H,13H2,1-2H3. The van der Waals surface area contributed by atoms with Gasteiger partial charge >= 0.3 is 0 Å². The topological polar surface area (TPSA) is 64.1 Å². The molecule has 1 heterocycles. The molecule has 0 bridgehead atoms. The largest absolute Gasteiger partial charge is 0.389 e. The van der Waals surface area contributed by atoms with Crippen LogP contribution in [-0.2, 0) is 7.05 Å². The number of nitrogens with two attached hydrogens (primary N) is 1. The normalized spacial score (nSPS) is 12.7. The van der Waals surface area contributed by atoms with Gasteiger partial charge in [-0.1, -0.05) is 24.3 Å². The van der Waals surface area contributed by atoms with Crippen LogP contribution < -0.4 is 5.73 Å². The molecule has 16 heavy (non-hydrogen) atoms. The quantitative estimate of drug-likeness (QED) is 0.805. The second-order valence-electron chi connectivity index (χ2n) is 3.87. The Morgan fingerprint density at radius 2 is 1.94 bits per heavy atom. The lowest BCUT2D eigenvalue weighted by atomic mass is 10.0. The summed E-state index contributed by atoms with van der Waals surface area (Å²) >= 11 is 0. The molecule has 1 unspecified atom stereocenters. The number of aryl methyl sites for hydroxylation is 1. The molecule has 0 spiro atoms. The molecule has 4 heteroatoms. The molecule has 2 aromatic rings. The van der Waals surface area contributed by atoms with Crippen molar-refractivity contribution in [2.75, 3.05) is 5.73 Å². The first-order chi connectivity index (χ1) is 7.59. The van der Waals surface area contributed by atoms with Crippen molar-refractivity contribution in [2.24, 2.45) is 7.05 Å². The minimum absolute atomic E-state index is 0.444. The molecule has 0 saturated heterocycles. The lowest BCUT2D eigenvalue weighted by molar-refractivity contribution is 0.199. The van der Waals surface area contributed by atoms with Crippen LogP contribution in [0.25, 0.3) is 11.1 Å². The molecule has 0 fully saturated rings. The van der Waals surface area contributed by atoms with Crippen LogP contribution in [0.5, 0.6) is 0 Å². The number of aliphatic hydroxyl groups excluding tert-OH is 1. The predicted molar refractivity (Wildman–Crippen MR) is 63.7 cm³/mol. The Labute approximate surface area is 94.3 Å². The van der Waals surface area contributed by atoms with Gasteiger partial charge in [0.2, 0.25) is 0 Å². The van der Waals surface area contributed by atoms with E-state index in [2.05, 4.69) is 5.10 Å². The second kappa shape index (κ2) is 3.98. The van der Waals surface area contributed by atoms with Gasteiger partial charge in [-0.15, -0.1) is 0 Å². The number of hydrogen-bond acceptors (Lipinski definition) is 3. The van der Waals surface area contributed by atoms with Crippen molar-refractivity contribution in [3.05, 3.63) is 36.0 Å². The van der Waals surface area contributed by atoms with Gasteiger partial charge in [-0.05, 0) is 18.1 Å². The molecule has 0 aliphatic heterocycles. The second-order valence-corrected chi connectivity index (χ2v) is 3.87.